The Kier molecular flexibility index (Phi) is 3.19. The number of amides is 1. The van der Waals surface area contributed by atoms with Gasteiger partial charge in [-0.1, -0.05) is 0 Å². The number of piperidine rings is 1. The van der Waals surface area contributed by atoms with Crippen LogP contribution in [-0.4, -0.2) is 33.8 Å². The van der Waals surface area contributed by atoms with E-state index in [2.05, 4.69) is 20.7 Å². The summed E-state index contributed by atoms with van der Waals surface area (Å²) in [4.78, 5) is 15.3. The summed E-state index contributed by atoms with van der Waals surface area (Å²) in [5, 5.41) is 10.3. The number of anilines is 1. The maximum Gasteiger partial charge on any atom is 0.227 e. The first kappa shape index (κ1) is 11.1. The van der Waals surface area contributed by atoms with Crippen LogP contribution in [0.1, 0.15) is 31.5 Å². The van der Waals surface area contributed by atoms with E-state index in [0.717, 1.165) is 31.8 Å². The molecule has 0 aliphatic carbocycles. The highest BCUT2D eigenvalue weighted by Gasteiger charge is 2.20. The summed E-state index contributed by atoms with van der Waals surface area (Å²) >= 11 is 0. The Morgan fingerprint density at radius 1 is 1.50 bits per heavy atom. The fourth-order valence-corrected chi connectivity index (χ4v) is 1.92. The Morgan fingerprint density at radius 2 is 2.19 bits per heavy atom. The molecule has 0 aromatic carbocycles. The summed E-state index contributed by atoms with van der Waals surface area (Å²) < 4.78 is 1.62. The molecule has 2 heterocycles. The lowest BCUT2D eigenvalue weighted by molar-refractivity contribution is -0.114. The third-order valence-electron chi connectivity index (χ3n) is 2.77. The predicted octanol–water partition coefficient (Wildman–Crippen LogP) is 0.240. The Morgan fingerprint density at radius 3 is 2.81 bits per heavy atom. The molecule has 16 heavy (non-hydrogen) atoms. The van der Waals surface area contributed by atoms with Gasteiger partial charge in [-0.15, -0.1) is 0 Å². The standard InChI is InChI=1S/C10H17N5O/c1-7(16)12-10-13-9(14-15(10)2)8-3-5-11-6-4-8/h8,11H,3-6H2,1-2H3,(H,12,13,14,16). The molecule has 1 aliphatic heterocycles. The number of carbonyl (C=O) groups is 1. The number of nitrogens with zero attached hydrogens (tertiary/aromatic N) is 3. The van der Waals surface area contributed by atoms with Crippen LogP contribution in [0.25, 0.3) is 0 Å². The van der Waals surface area contributed by atoms with E-state index in [0.29, 0.717) is 11.9 Å². The third-order valence-corrected chi connectivity index (χ3v) is 2.77. The smallest absolute Gasteiger partial charge is 0.227 e. The molecule has 0 radical (unpaired) electrons. The number of rotatable bonds is 2. The number of aromatic nitrogens is 3. The Balaban J connectivity index is 2.12. The fraction of sp³-hybridized carbons (Fsp3) is 0.700. The van der Waals surface area contributed by atoms with Crippen LogP contribution in [0, 0.1) is 0 Å². The van der Waals surface area contributed by atoms with Gasteiger partial charge >= 0.3 is 0 Å². The second-order valence-corrected chi connectivity index (χ2v) is 4.12. The van der Waals surface area contributed by atoms with Crippen molar-refractivity contribution in [2.75, 3.05) is 18.4 Å². The van der Waals surface area contributed by atoms with Crippen LogP contribution in [-0.2, 0) is 11.8 Å². The van der Waals surface area contributed by atoms with Gasteiger partial charge in [0.1, 0.15) is 0 Å². The number of hydrogen-bond donors (Lipinski definition) is 2. The molecule has 1 aromatic rings. The number of carbonyl (C=O) groups excluding carboxylic acids is 1. The molecule has 1 amide bonds. The van der Waals surface area contributed by atoms with Gasteiger partial charge in [0.2, 0.25) is 11.9 Å². The molecule has 1 aliphatic rings. The summed E-state index contributed by atoms with van der Waals surface area (Å²) in [7, 11) is 1.79. The van der Waals surface area contributed by atoms with Crippen LogP contribution in [0.2, 0.25) is 0 Å². The maximum atomic E-state index is 10.9. The van der Waals surface area contributed by atoms with E-state index in [1.165, 1.54) is 6.92 Å². The molecule has 0 bridgehead atoms. The van der Waals surface area contributed by atoms with Gasteiger partial charge in [-0.25, -0.2) is 4.68 Å². The van der Waals surface area contributed by atoms with E-state index in [1.54, 1.807) is 11.7 Å². The van der Waals surface area contributed by atoms with E-state index < -0.39 is 0 Å². The average molecular weight is 223 g/mol. The van der Waals surface area contributed by atoms with Gasteiger partial charge in [0.05, 0.1) is 0 Å². The highest BCUT2D eigenvalue weighted by atomic mass is 16.1. The first-order valence-corrected chi connectivity index (χ1v) is 5.56. The topological polar surface area (TPSA) is 71.8 Å². The van der Waals surface area contributed by atoms with Crippen molar-refractivity contribution >= 4 is 11.9 Å². The third kappa shape index (κ3) is 2.38. The largest absolute Gasteiger partial charge is 0.317 e. The minimum atomic E-state index is -0.118. The first-order valence-electron chi connectivity index (χ1n) is 5.56. The molecule has 6 heteroatoms. The predicted molar refractivity (Wildman–Crippen MR) is 60.2 cm³/mol. The maximum absolute atomic E-state index is 10.9. The quantitative estimate of drug-likeness (QED) is 0.753. The molecule has 6 nitrogen and oxygen atoms in total. The second kappa shape index (κ2) is 4.61. The van der Waals surface area contributed by atoms with Gasteiger partial charge in [0, 0.05) is 19.9 Å². The zero-order valence-electron chi connectivity index (χ0n) is 9.66. The Bertz CT molecular complexity index is 381. The van der Waals surface area contributed by atoms with Crippen LogP contribution in [0.15, 0.2) is 0 Å². The number of aryl methyl sites for hydroxylation is 1. The van der Waals surface area contributed by atoms with Crippen molar-refractivity contribution in [3.05, 3.63) is 5.82 Å². The van der Waals surface area contributed by atoms with Crippen LogP contribution < -0.4 is 10.6 Å². The highest BCUT2D eigenvalue weighted by Crippen LogP contribution is 2.23. The van der Waals surface area contributed by atoms with Crippen molar-refractivity contribution in [3.8, 4) is 0 Å². The minimum absolute atomic E-state index is 0.118. The molecule has 1 fully saturated rings. The SMILES string of the molecule is CC(=O)Nc1nc(C2CCNCC2)nn1C. The molecule has 0 atom stereocenters. The van der Waals surface area contributed by atoms with E-state index in [9.17, 15) is 4.79 Å². The van der Waals surface area contributed by atoms with Crippen LogP contribution in [0.4, 0.5) is 5.95 Å². The zero-order valence-corrected chi connectivity index (χ0v) is 9.66. The zero-order chi connectivity index (χ0) is 11.5. The molecule has 1 aromatic heterocycles. The van der Waals surface area contributed by atoms with Gasteiger partial charge in [0.25, 0.3) is 0 Å². The first-order chi connectivity index (χ1) is 7.66. The van der Waals surface area contributed by atoms with Crippen molar-refractivity contribution in [2.24, 2.45) is 7.05 Å². The van der Waals surface area contributed by atoms with Gasteiger partial charge in [-0.3, -0.25) is 10.1 Å². The Hall–Kier alpha value is -1.43. The fourth-order valence-electron chi connectivity index (χ4n) is 1.92. The second-order valence-electron chi connectivity index (χ2n) is 4.12. The van der Waals surface area contributed by atoms with Gasteiger partial charge in [-0.2, -0.15) is 10.1 Å². The lowest BCUT2D eigenvalue weighted by Crippen LogP contribution is -2.27. The molecule has 2 N–H and O–H groups in total. The summed E-state index contributed by atoms with van der Waals surface area (Å²) in [6, 6.07) is 0. The van der Waals surface area contributed by atoms with E-state index in [4.69, 9.17) is 0 Å². The lowest BCUT2D eigenvalue weighted by atomic mass is 9.98. The number of hydrogen-bond acceptors (Lipinski definition) is 4. The van der Waals surface area contributed by atoms with Crippen LogP contribution in [0.5, 0.6) is 0 Å². The summed E-state index contributed by atoms with van der Waals surface area (Å²) in [5.41, 5.74) is 0. The Labute approximate surface area is 94.4 Å². The summed E-state index contributed by atoms with van der Waals surface area (Å²) in [5.74, 6) is 1.66. The molecule has 0 unspecified atom stereocenters. The van der Waals surface area contributed by atoms with E-state index in [-0.39, 0.29) is 5.91 Å². The average Bonchev–Trinajstić information content (AvgIpc) is 2.61. The molecule has 1 saturated heterocycles. The minimum Gasteiger partial charge on any atom is -0.317 e. The molecule has 2 rings (SSSR count). The van der Waals surface area contributed by atoms with Gasteiger partial charge in [0.15, 0.2) is 5.82 Å². The van der Waals surface area contributed by atoms with Crippen molar-refractivity contribution < 1.29 is 4.79 Å². The number of nitrogens with one attached hydrogen (secondary N) is 2. The van der Waals surface area contributed by atoms with E-state index >= 15 is 0 Å². The van der Waals surface area contributed by atoms with E-state index in [1.807, 2.05) is 0 Å². The normalized spacial score (nSPS) is 17.4. The summed E-state index contributed by atoms with van der Waals surface area (Å²) in [6.45, 7) is 3.50. The summed E-state index contributed by atoms with van der Waals surface area (Å²) in [6.07, 6.45) is 2.12. The molecular weight excluding hydrogens is 206 g/mol. The monoisotopic (exact) mass is 223 g/mol. The van der Waals surface area contributed by atoms with Crippen LogP contribution >= 0.6 is 0 Å². The van der Waals surface area contributed by atoms with Gasteiger partial charge in [-0.05, 0) is 25.9 Å². The molecule has 88 valence electrons. The lowest BCUT2D eigenvalue weighted by Gasteiger charge is -2.19. The van der Waals surface area contributed by atoms with Crippen molar-refractivity contribution in [1.82, 2.24) is 20.1 Å². The highest BCUT2D eigenvalue weighted by molar-refractivity contribution is 5.86. The molecule has 0 saturated carbocycles. The van der Waals surface area contributed by atoms with Gasteiger partial charge < -0.3 is 5.32 Å². The van der Waals surface area contributed by atoms with Crippen LogP contribution in [0.3, 0.4) is 0 Å². The molecule has 0 spiro atoms. The van der Waals surface area contributed by atoms with Crippen molar-refractivity contribution in [2.45, 2.75) is 25.7 Å². The molecular formula is C10H17N5O. The van der Waals surface area contributed by atoms with Crippen molar-refractivity contribution in [1.29, 1.82) is 0 Å². The van der Waals surface area contributed by atoms with Crippen molar-refractivity contribution in [3.63, 3.8) is 0 Å².